The van der Waals surface area contributed by atoms with Crippen LogP contribution in [0.1, 0.15) is 0 Å². The van der Waals surface area contributed by atoms with Crippen molar-refractivity contribution in [2.45, 2.75) is 0 Å². The molecule has 6 nitrogen and oxygen atoms in total. The third-order valence-corrected chi connectivity index (χ3v) is 12.6. The van der Waals surface area contributed by atoms with Crippen LogP contribution in [0.25, 0.3) is 116 Å². The van der Waals surface area contributed by atoms with Gasteiger partial charge in [-0.25, -0.2) is 24.9 Å². The SMILES string of the molecule is c1ccc(-c2cccc(-c3nc(-c4ccccc4)nc(-c4ccc(-n5c6ccccc6c6ccccc65)c(-c5nc(-c6ccccc6)c6sc7ccccc7c6n5)c4)n3)c2)cc1. The van der Waals surface area contributed by atoms with Gasteiger partial charge in [-0.15, -0.1) is 11.3 Å². The van der Waals surface area contributed by atoms with Crippen molar-refractivity contribution in [3.63, 3.8) is 0 Å². The van der Waals surface area contributed by atoms with E-state index in [-0.39, 0.29) is 0 Å². The lowest BCUT2D eigenvalue weighted by atomic mass is 10.0. The third-order valence-electron chi connectivity index (χ3n) is 11.5. The Morgan fingerprint density at radius 2 is 0.855 bits per heavy atom. The Balaban J connectivity index is 1.14. The molecule has 0 bridgehead atoms. The van der Waals surface area contributed by atoms with Gasteiger partial charge >= 0.3 is 0 Å². The summed E-state index contributed by atoms with van der Waals surface area (Å²) in [5.74, 6) is 2.36. The minimum atomic E-state index is 0.555. The van der Waals surface area contributed by atoms with Crippen molar-refractivity contribution in [2.75, 3.05) is 0 Å². The number of hydrogen-bond acceptors (Lipinski definition) is 6. The zero-order chi connectivity index (χ0) is 41.0. The van der Waals surface area contributed by atoms with Crippen molar-refractivity contribution < 1.29 is 0 Å². The minimum absolute atomic E-state index is 0.555. The fourth-order valence-corrected chi connectivity index (χ4v) is 9.71. The lowest BCUT2D eigenvalue weighted by molar-refractivity contribution is 1.07. The zero-order valence-corrected chi connectivity index (χ0v) is 34.0. The number of para-hydroxylation sites is 2. The largest absolute Gasteiger partial charge is 0.309 e. The van der Waals surface area contributed by atoms with Crippen LogP contribution in [0, 0.1) is 0 Å². The summed E-state index contributed by atoms with van der Waals surface area (Å²) in [6.45, 7) is 0. The predicted molar refractivity (Wildman–Crippen MR) is 255 cm³/mol. The summed E-state index contributed by atoms with van der Waals surface area (Å²) >= 11 is 1.73. The molecule has 0 aliphatic rings. The number of rotatable bonds is 7. The summed E-state index contributed by atoms with van der Waals surface area (Å²) in [5, 5.41) is 3.46. The van der Waals surface area contributed by atoms with Gasteiger partial charge in [0, 0.05) is 48.7 Å². The Bertz CT molecular complexity index is 3580. The highest BCUT2D eigenvalue weighted by molar-refractivity contribution is 7.26. The van der Waals surface area contributed by atoms with Gasteiger partial charge in [0.25, 0.3) is 0 Å². The Morgan fingerprint density at radius 3 is 1.53 bits per heavy atom. The van der Waals surface area contributed by atoms with Gasteiger partial charge in [-0.2, -0.15) is 0 Å². The van der Waals surface area contributed by atoms with Gasteiger partial charge in [-0.1, -0.05) is 164 Å². The molecule has 0 fully saturated rings. The van der Waals surface area contributed by atoms with E-state index in [1.165, 1.54) is 15.5 Å². The Kier molecular flexibility index (Phi) is 8.57. The Hall–Kier alpha value is -8.13. The van der Waals surface area contributed by atoms with E-state index in [0.29, 0.717) is 23.3 Å². The van der Waals surface area contributed by atoms with Crippen molar-refractivity contribution in [3.05, 3.63) is 206 Å². The van der Waals surface area contributed by atoms with Gasteiger partial charge in [0.2, 0.25) is 0 Å². The average Bonchev–Trinajstić information content (AvgIpc) is 3.90. The molecule has 0 unspecified atom stereocenters. The average molecular weight is 811 g/mol. The van der Waals surface area contributed by atoms with Gasteiger partial charge in [-0.05, 0) is 53.6 Å². The molecule has 290 valence electrons. The topological polar surface area (TPSA) is 69.4 Å². The number of fused-ring (bicyclic) bond motifs is 6. The molecule has 8 aromatic carbocycles. The first-order valence-corrected chi connectivity index (χ1v) is 21.4. The van der Waals surface area contributed by atoms with E-state index < -0.39 is 0 Å². The van der Waals surface area contributed by atoms with Crippen LogP contribution in [0.5, 0.6) is 0 Å². The first-order chi connectivity index (χ1) is 30.7. The van der Waals surface area contributed by atoms with Crippen LogP contribution in [0.3, 0.4) is 0 Å². The number of hydrogen-bond donors (Lipinski definition) is 0. The van der Waals surface area contributed by atoms with E-state index in [1.807, 2.05) is 42.5 Å². The van der Waals surface area contributed by atoms with Crippen LogP contribution >= 0.6 is 11.3 Å². The van der Waals surface area contributed by atoms with Crippen LogP contribution in [-0.4, -0.2) is 29.5 Å². The van der Waals surface area contributed by atoms with Gasteiger partial charge in [0.05, 0.1) is 32.6 Å². The second-order valence-electron chi connectivity index (χ2n) is 15.3. The van der Waals surface area contributed by atoms with E-state index in [1.54, 1.807) is 11.3 Å². The van der Waals surface area contributed by atoms with Gasteiger partial charge in [0.1, 0.15) is 0 Å². The summed E-state index contributed by atoms with van der Waals surface area (Å²) < 4.78 is 4.57. The third kappa shape index (κ3) is 6.14. The molecule has 4 heterocycles. The maximum atomic E-state index is 5.50. The van der Waals surface area contributed by atoms with Crippen molar-refractivity contribution >= 4 is 53.4 Å². The molecule has 0 aliphatic carbocycles. The summed E-state index contributed by atoms with van der Waals surface area (Å²) in [6.07, 6.45) is 0. The molecule has 0 saturated carbocycles. The molecule has 12 aromatic rings. The van der Waals surface area contributed by atoms with Crippen molar-refractivity contribution in [1.29, 1.82) is 0 Å². The standard InChI is InChI=1S/C55H34N6S/c1-4-17-35(18-5-1)38-23-16-24-39(33-38)53-58-52(37-21-8-3-9-22-37)59-54(60-53)40-31-32-47(61-45-28-13-10-25-41(45)42-26-11-14-29-46(42)61)44(34-40)55-56-49(36-19-6-2-7-20-36)51-50(57-55)43-27-12-15-30-48(43)62-51/h1-34H. The van der Waals surface area contributed by atoms with Gasteiger partial charge < -0.3 is 4.57 Å². The highest BCUT2D eigenvalue weighted by Gasteiger charge is 2.23. The van der Waals surface area contributed by atoms with Crippen LogP contribution in [0.4, 0.5) is 0 Å². The monoisotopic (exact) mass is 810 g/mol. The Morgan fingerprint density at radius 1 is 0.339 bits per heavy atom. The number of aromatic nitrogens is 6. The predicted octanol–water partition coefficient (Wildman–Crippen LogP) is 14.1. The van der Waals surface area contributed by atoms with Crippen LogP contribution in [-0.2, 0) is 0 Å². The summed E-state index contributed by atoms with van der Waals surface area (Å²) in [5.41, 5.74) is 11.7. The molecule has 0 aliphatic heterocycles. The highest BCUT2D eigenvalue weighted by Crippen LogP contribution is 2.42. The van der Waals surface area contributed by atoms with E-state index >= 15 is 0 Å². The minimum Gasteiger partial charge on any atom is -0.309 e. The lowest BCUT2D eigenvalue weighted by Gasteiger charge is -2.16. The molecule has 0 spiro atoms. The van der Waals surface area contributed by atoms with Crippen molar-refractivity contribution in [2.24, 2.45) is 0 Å². The van der Waals surface area contributed by atoms with Gasteiger partial charge in [0.15, 0.2) is 23.3 Å². The second kappa shape index (κ2) is 14.9. The molecule has 4 aromatic heterocycles. The molecule has 0 saturated heterocycles. The quantitative estimate of drug-likeness (QED) is 0.160. The van der Waals surface area contributed by atoms with Crippen molar-refractivity contribution in [1.82, 2.24) is 29.5 Å². The molecule has 0 amide bonds. The zero-order valence-electron chi connectivity index (χ0n) is 33.2. The Labute approximate surface area is 361 Å². The summed E-state index contributed by atoms with van der Waals surface area (Å²) in [7, 11) is 0. The maximum Gasteiger partial charge on any atom is 0.164 e. The molecule has 62 heavy (non-hydrogen) atoms. The summed E-state index contributed by atoms with van der Waals surface area (Å²) in [6, 6.07) is 71.5. The molecule has 7 heteroatoms. The van der Waals surface area contributed by atoms with Gasteiger partial charge in [-0.3, -0.25) is 0 Å². The molecule has 0 N–H and O–H groups in total. The van der Waals surface area contributed by atoms with E-state index in [4.69, 9.17) is 24.9 Å². The molecule has 0 atom stereocenters. The fraction of sp³-hybridized carbons (Fsp3) is 0. The van der Waals surface area contributed by atoms with E-state index in [0.717, 1.165) is 77.0 Å². The van der Waals surface area contributed by atoms with Crippen LogP contribution in [0.2, 0.25) is 0 Å². The highest BCUT2D eigenvalue weighted by atomic mass is 32.1. The van der Waals surface area contributed by atoms with Crippen molar-refractivity contribution in [3.8, 4) is 73.6 Å². The molecule has 0 radical (unpaired) electrons. The molecule has 12 rings (SSSR count). The fourth-order valence-electron chi connectivity index (χ4n) is 8.55. The number of thiophene rings is 1. The smallest absolute Gasteiger partial charge is 0.164 e. The number of nitrogens with zero attached hydrogens (tertiary/aromatic N) is 6. The molecular weight excluding hydrogens is 777 g/mol. The summed E-state index contributed by atoms with van der Waals surface area (Å²) in [4.78, 5) is 26.5. The lowest BCUT2D eigenvalue weighted by Crippen LogP contribution is -2.03. The van der Waals surface area contributed by atoms with E-state index in [2.05, 4.69) is 168 Å². The van der Waals surface area contributed by atoms with Crippen LogP contribution < -0.4 is 0 Å². The second-order valence-corrected chi connectivity index (χ2v) is 16.3. The normalized spacial score (nSPS) is 11.5. The van der Waals surface area contributed by atoms with E-state index in [9.17, 15) is 0 Å². The van der Waals surface area contributed by atoms with Crippen LogP contribution in [0.15, 0.2) is 206 Å². The first-order valence-electron chi connectivity index (χ1n) is 20.6. The maximum absolute atomic E-state index is 5.50. The molecular formula is C55H34N6S. The number of benzene rings is 8. The first kappa shape index (κ1) is 35.8.